The Bertz CT molecular complexity index is 1660. The normalized spacial score (nSPS) is 34.9. The van der Waals surface area contributed by atoms with Crippen molar-refractivity contribution in [3.63, 3.8) is 0 Å². The van der Waals surface area contributed by atoms with Crippen LogP contribution in [0.4, 0.5) is 0 Å². The smallest absolute Gasteiger partial charge is 0.338 e. The third-order valence-electron chi connectivity index (χ3n) is 11.5. The molecule has 0 radical (unpaired) electrons. The van der Waals surface area contributed by atoms with Gasteiger partial charge in [0.25, 0.3) is 0 Å². The van der Waals surface area contributed by atoms with E-state index >= 15 is 0 Å². The number of fused-ring (bicyclic) bond motifs is 5. The molecule has 1 heterocycles. The van der Waals surface area contributed by atoms with E-state index in [0.717, 1.165) is 0 Å². The van der Waals surface area contributed by atoms with Crippen molar-refractivity contribution in [2.24, 2.45) is 16.7 Å². The van der Waals surface area contributed by atoms with Crippen molar-refractivity contribution in [3.05, 3.63) is 58.7 Å². The van der Waals surface area contributed by atoms with Crippen LogP contribution in [0, 0.1) is 16.7 Å². The Morgan fingerprint density at radius 3 is 2.24 bits per heavy atom. The number of hydrogen-bond donors (Lipinski definition) is 4. The first-order valence-electron chi connectivity index (χ1n) is 17.2. The van der Waals surface area contributed by atoms with E-state index in [-0.39, 0.29) is 30.6 Å². The standard InChI is InChI=1S/C38H49NO12/c1-19(2)14-24(39-21(4)40)30(44)34(46)49-26-17-38(47)32(50-33(45)23-12-10-9-11-13-23)31-36(8,16-25(42)29(20(26)3)35(38,6)7)27(43)15-28-37(31,18-48-28)51-22(5)41/h9-14,24,26-28,30-32,43-44,47H,15-18H2,1-8H3,(H,39,40)/t24?,26?,27?,28?,30?,31?,32?,36-,37?,38?/m1/s1. The molecule has 278 valence electrons. The molecule has 9 unspecified atom stereocenters. The second-order valence-corrected chi connectivity index (χ2v) is 15.5. The summed E-state index contributed by atoms with van der Waals surface area (Å²) >= 11 is 0. The summed E-state index contributed by atoms with van der Waals surface area (Å²) in [6.07, 6.45) is -5.94. The van der Waals surface area contributed by atoms with Gasteiger partial charge in [0.2, 0.25) is 5.91 Å². The highest BCUT2D eigenvalue weighted by molar-refractivity contribution is 5.99. The first kappa shape index (κ1) is 38.3. The second-order valence-electron chi connectivity index (χ2n) is 15.5. The van der Waals surface area contributed by atoms with Crippen molar-refractivity contribution in [1.29, 1.82) is 0 Å². The Morgan fingerprint density at radius 1 is 1.04 bits per heavy atom. The summed E-state index contributed by atoms with van der Waals surface area (Å²) in [6.45, 7) is 12.3. The molecule has 3 fully saturated rings. The lowest BCUT2D eigenvalue weighted by molar-refractivity contribution is -0.349. The van der Waals surface area contributed by atoms with Gasteiger partial charge in [0.05, 0.1) is 30.2 Å². The number of ketones is 1. The highest BCUT2D eigenvalue weighted by atomic mass is 16.6. The maximum atomic E-state index is 14.6. The Hall–Kier alpha value is -3.91. The molecule has 4 aliphatic rings. The summed E-state index contributed by atoms with van der Waals surface area (Å²) in [7, 11) is 0. The topological polar surface area (TPSA) is 195 Å². The third kappa shape index (κ3) is 6.42. The Balaban J connectivity index is 1.69. The zero-order valence-corrected chi connectivity index (χ0v) is 30.3. The van der Waals surface area contributed by atoms with E-state index in [1.54, 1.807) is 59.7 Å². The Kier molecular flexibility index (Phi) is 10.2. The molecule has 1 aromatic rings. The molecule has 13 nitrogen and oxygen atoms in total. The number of benzene rings is 1. The van der Waals surface area contributed by atoms with Gasteiger partial charge in [-0.15, -0.1) is 0 Å². The van der Waals surface area contributed by atoms with Crippen molar-refractivity contribution in [1.82, 2.24) is 5.32 Å². The summed E-state index contributed by atoms with van der Waals surface area (Å²) < 4.78 is 24.1. The average molecular weight is 712 g/mol. The molecule has 1 saturated heterocycles. The second kappa shape index (κ2) is 13.6. The van der Waals surface area contributed by atoms with Gasteiger partial charge in [-0.05, 0) is 38.5 Å². The number of nitrogens with one attached hydrogen (secondary N) is 1. The quantitative estimate of drug-likeness (QED) is 0.175. The zero-order valence-electron chi connectivity index (χ0n) is 30.3. The minimum Gasteiger partial charge on any atom is -0.456 e. The summed E-state index contributed by atoms with van der Waals surface area (Å²) in [5.41, 5.74) is -5.26. The molecule has 5 rings (SSSR count). The number of rotatable bonds is 8. The summed E-state index contributed by atoms with van der Waals surface area (Å²) in [5.74, 6) is -4.73. The number of Topliss-reactive ketones (excluding diaryl/α,β-unsaturated/α-hetero) is 1. The maximum absolute atomic E-state index is 14.6. The van der Waals surface area contributed by atoms with Gasteiger partial charge in [0.1, 0.15) is 23.9 Å². The molecule has 0 aromatic heterocycles. The Morgan fingerprint density at radius 2 is 1.69 bits per heavy atom. The number of aliphatic hydroxyl groups excluding tert-OH is 2. The van der Waals surface area contributed by atoms with Crippen LogP contribution in [0.15, 0.2) is 53.1 Å². The summed E-state index contributed by atoms with van der Waals surface area (Å²) in [6, 6.07) is 6.95. The first-order valence-corrected chi connectivity index (χ1v) is 17.2. The molecule has 1 aliphatic heterocycles. The van der Waals surface area contributed by atoms with E-state index in [9.17, 15) is 39.3 Å². The number of ether oxygens (including phenoxy) is 4. The lowest BCUT2D eigenvalue weighted by Crippen LogP contribution is -2.80. The van der Waals surface area contributed by atoms with Gasteiger partial charge in [0, 0.05) is 49.5 Å². The highest BCUT2D eigenvalue weighted by Gasteiger charge is 2.76. The fourth-order valence-electron chi connectivity index (χ4n) is 8.94. The summed E-state index contributed by atoms with van der Waals surface area (Å²) in [5, 5.41) is 38.6. The van der Waals surface area contributed by atoms with Crippen LogP contribution < -0.4 is 5.32 Å². The monoisotopic (exact) mass is 711 g/mol. The van der Waals surface area contributed by atoms with E-state index < -0.39 is 101 Å². The van der Waals surface area contributed by atoms with Crippen molar-refractivity contribution >= 4 is 29.6 Å². The molecule has 1 aromatic carbocycles. The maximum Gasteiger partial charge on any atom is 0.338 e. The highest BCUT2D eigenvalue weighted by Crippen LogP contribution is 2.64. The molecule has 51 heavy (non-hydrogen) atoms. The average Bonchev–Trinajstić information content (AvgIpc) is 3.02. The minimum absolute atomic E-state index is 0.0199. The van der Waals surface area contributed by atoms with E-state index in [2.05, 4.69) is 5.32 Å². The molecule has 4 N–H and O–H groups in total. The lowest BCUT2D eigenvalue weighted by atomic mass is 9.45. The van der Waals surface area contributed by atoms with E-state index in [1.807, 2.05) is 0 Å². The van der Waals surface area contributed by atoms with Crippen LogP contribution in [0.1, 0.15) is 85.0 Å². The number of esters is 3. The van der Waals surface area contributed by atoms with Crippen molar-refractivity contribution < 1.29 is 58.2 Å². The van der Waals surface area contributed by atoms with E-state index in [4.69, 9.17) is 18.9 Å². The molecule has 1 amide bonds. The molecule has 0 spiro atoms. The number of carbonyl (C=O) groups is 5. The van der Waals surface area contributed by atoms with Gasteiger partial charge >= 0.3 is 17.9 Å². The first-order chi connectivity index (χ1) is 23.7. The van der Waals surface area contributed by atoms with Crippen LogP contribution >= 0.6 is 0 Å². The van der Waals surface area contributed by atoms with E-state index in [0.29, 0.717) is 11.1 Å². The third-order valence-corrected chi connectivity index (χ3v) is 11.5. The molecular weight excluding hydrogens is 662 g/mol. The number of amides is 1. The van der Waals surface area contributed by atoms with Crippen molar-refractivity contribution in [2.45, 2.75) is 122 Å². The number of hydrogen-bond acceptors (Lipinski definition) is 12. The van der Waals surface area contributed by atoms with Gasteiger partial charge in [-0.3, -0.25) is 14.4 Å². The van der Waals surface area contributed by atoms with Crippen LogP contribution in [0.2, 0.25) is 0 Å². The molecule has 3 aliphatic carbocycles. The molecule has 13 heteroatoms. The van der Waals surface area contributed by atoms with Crippen LogP contribution in [0.25, 0.3) is 0 Å². The Labute approximate surface area is 297 Å². The van der Waals surface area contributed by atoms with E-state index in [1.165, 1.54) is 32.1 Å². The van der Waals surface area contributed by atoms with Crippen LogP contribution in [0.5, 0.6) is 0 Å². The predicted octanol–water partition coefficient (Wildman–Crippen LogP) is 2.49. The molecule has 2 bridgehead atoms. The van der Waals surface area contributed by atoms with Gasteiger partial charge in [-0.1, -0.05) is 50.6 Å². The largest absolute Gasteiger partial charge is 0.456 e. The fourth-order valence-corrected chi connectivity index (χ4v) is 8.94. The molecular formula is C38H49NO12. The number of allylic oxidation sites excluding steroid dienone is 1. The zero-order chi connectivity index (χ0) is 37.8. The lowest BCUT2D eigenvalue weighted by Gasteiger charge is -2.67. The molecule has 2 saturated carbocycles. The SMILES string of the molecule is CC(=O)NC(C=C(C)C)C(O)C(=O)OC1CC2(O)C(OC(=O)c3ccccc3)C3C4(OC(C)=O)COC4CC(O)[C@@]3(C)CC(=O)C(=C1C)C2(C)C. The molecule has 10 atom stereocenters. The van der Waals surface area contributed by atoms with Crippen LogP contribution in [-0.4, -0.2) is 99.3 Å². The van der Waals surface area contributed by atoms with Gasteiger partial charge in [-0.2, -0.15) is 0 Å². The number of carbonyl (C=O) groups excluding carboxylic acids is 5. The summed E-state index contributed by atoms with van der Waals surface area (Å²) in [4.78, 5) is 66.8. The predicted molar refractivity (Wildman–Crippen MR) is 181 cm³/mol. The van der Waals surface area contributed by atoms with Gasteiger partial charge < -0.3 is 39.6 Å². The van der Waals surface area contributed by atoms with Crippen molar-refractivity contribution in [3.8, 4) is 0 Å². The van der Waals surface area contributed by atoms with Crippen molar-refractivity contribution in [2.75, 3.05) is 6.61 Å². The van der Waals surface area contributed by atoms with Crippen LogP contribution in [0.3, 0.4) is 0 Å². The van der Waals surface area contributed by atoms with Crippen LogP contribution in [-0.2, 0) is 38.1 Å². The minimum atomic E-state index is -2.20. The fraction of sp³-hybridized carbons (Fsp3) is 0.605. The van der Waals surface area contributed by atoms with Gasteiger partial charge in [0.15, 0.2) is 17.5 Å². The number of aliphatic hydroxyl groups is 3. The van der Waals surface area contributed by atoms with Gasteiger partial charge in [-0.25, -0.2) is 9.59 Å².